The van der Waals surface area contributed by atoms with Crippen molar-refractivity contribution in [3.05, 3.63) is 17.0 Å². The minimum Gasteiger partial charge on any atom is -0.380 e. The van der Waals surface area contributed by atoms with Crippen molar-refractivity contribution < 1.29 is 9.53 Å². The second kappa shape index (κ2) is 6.08. The summed E-state index contributed by atoms with van der Waals surface area (Å²) in [7, 11) is 1.86. The number of amides is 1. The predicted octanol–water partition coefficient (Wildman–Crippen LogP) is 1.68. The summed E-state index contributed by atoms with van der Waals surface area (Å²) in [4.78, 5) is 14.6. The molecule has 1 N–H and O–H groups in total. The SMILES string of the molecule is CNc1ccc(C(=O)N2CCOCC2)s1.Cl. The molecule has 0 aliphatic carbocycles. The summed E-state index contributed by atoms with van der Waals surface area (Å²) in [5.74, 6) is 0.116. The monoisotopic (exact) mass is 262 g/mol. The second-order valence-corrected chi connectivity index (χ2v) is 4.40. The highest BCUT2D eigenvalue weighted by Crippen LogP contribution is 2.22. The number of thiophene rings is 1. The first kappa shape index (κ1) is 13.3. The van der Waals surface area contributed by atoms with Crippen LogP contribution in [0.1, 0.15) is 9.67 Å². The molecule has 1 aromatic rings. The Kier molecular flexibility index (Phi) is 5.05. The molecule has 0 unspecified atom stereocenters. The molecule has 0 atom stereocenters. The average molecular weight is 263 g/mol. The third kappa shape index (κ3) is 2.87. The Morgan fingerprint density at radius 1 is 1.44 bits per heavy atom. The summed E-state index contributed by atoms with van der Waals surface area (Å²) in [5.41, 5.74) is 0. The molecule has 0 bridgehead atoms. The number of nitrogens with zero attached hydrogens (tertiary/aromatic N) is 1. The van der Waals surface area contributed by atoms with Crippen LogP contribution in [0.25, 0.3) is 0 Å². The molecule has 0 radical (unpaired) electrons. The van der Waals surface area contributed by atoms with Gasteiger partial charge < -0.3 is 15.0 Å². The number of ether oxygens (including phenoxy) is 1. The number of carbonyl (C=O) groups excluding carboxylic acids is 1. The Hall–Kier alpha value is -0.780. The van der Waals surface area contributed by atoms with Gasteiger partial charge in [-0.25, -0.2) is 0 Å². The van der Waals surface area contributed by atoms with Crippen LogP contribution in [0.4, 0.5) is 5.00 Å². The van der Waals surface area contributed by atoms with Gasteiger partial charge in [0.1, 0.15) is 0 Å². The Balaban J connectivity index is 0.00000128. The van der Waals surface area contributed by atoms with E-state index in [1.54, 1.807) is 0 Å². The third-order valence-corrected chi connectivity index (χ3v) is 3.45. The number of rotatable bonds is 2. The number of carbonyl (C=O) groups is 1. The molecule has 0 saturated carbocycles. The third-order valence-electron chi connectivity index (χ3n) is 2.36. The number of morpholine rings is 1. The highest BCUT2D eigenvalue weighted by Gasteiger charge is 2.19. The van der Waals surface area contributed by atoms with Crippen molar-refractivity contribution in [2.45, 2.75) is 0 Å². The second-order valence-electron chi connectivity index (χ2n) is 3.32. The molecule has 1 aliphatic heterocycles. The van der Waals surface area contributed by atoms with Gasteiger partial charge in [-0.3, -0.25) is 4.79 Å². The lowest BCUT2D eigenvalue weighted by Crippen LogP contribution is -2.40. The van der Waals surface area contributed by atoms with Gasteiger partial charge in [-0.2, -0.15) is 0 Å². The molecule has 2 heterocycles. The van der Waals surface area contributed by atoms with Crippen molar-refractivity contribution >= 4 is 34.7 Å². The minimum absolute atomic E-state index is 0. The van der Waals surface area contributed by atoms with E-state index >= 15 is 0 Å². The molecule has 16 heavy (non-hydrogen) atoms. The van der Waals surface area contributed by atoms with Crippen molar-refractivity contribution in [3.63, 3.8) is 0 Å². The number of hydrogen-bond donors (Lipinski definition) is 1. The van der Waals surface area contributed by atoms with Gasteiger partial charge in [0.25, 0.3) is 5.91 Å². The first-order chi connectivity index (χ1) is 7.31. The van der Waals surface area contributed by atoms with Gasteiger partial charge in [0.15, 0.2) is 0 Å². The van der Waals surface area contributed by atoms with E-state index in [2.05, 4.69) is 5.32 Å². The van der Waals surface area contributed by atoms with Gasteiger partial charge in [0.05, 0.1) is 23.1 Å². The van der Waals surface area contributed by atoms with Gasteiger partial charge in [-0.05, 0) is 12.1 Å². The quantitative estimate of drug-likeness (QED) is 0.882. The minimum atomic E-state index is 0. The zero-order chi connectivity index (χ0) is 10.7. The Morgan fingerprint density at radius 2 is 2.12 bits per heavy atom. The molecule has 0 spiro atoms. The van der Waals surface area contributed by atoms with Crippen LogP contribution in [-0.4, -0.2) is 44.2 Å². The summed E-state index contributed by atoms with van der Waals surface area (Å²) in [6.07, 6.45) is 0. The molecule has 4 nitrogen and oxygen atoms in total. The first-order valence-electron chi connectivity index (χ1n) is 4.96. The molecule has 6 heteroatoms. The standard InChI is InChI=1S/C10H14N2O2S.ClH/c1-11-9-3-2-8(15-9)10(13)12-4-6-14-7-5-12;/h2-3,11H,4-7H2,1H3;1H. The lowest BCUT2D eigenvalue weighted by Gasteiger charge is -2.26. The first-order valence-corrected chi connectivity index (χ1v) is 5.77. The van der Waals surface area contributed by atoms with Crippen molar-refractivity contribution in [1.82, 2.24) is 4.90 Å². The van der Waals surface area contributed by atoms with Crippen LogP contribution in [0.3, 0.4) is 0 Å². The van der Waals surface area contributed by atoms with Gasteiger partial charge in [0.2, 0.25) is 0 Å². The van der Waals surface area contributed by atoms with Crippen LogP contribution in [0.2, 0.25) is 0 Å². The molecule has 1 amide bonds. The smallest absolute Gasteiger partial charge is 0.264 e. The number of nitrogens with one attached hydrogen (secondary N) is 1. The van der Waals surface area contributed by atoms with E-state index in [9.17, 15) is 4.79 Å². The van der Waals surface area contributed by atoms with E-state index in [4.69, 9.17) is 4.74 Å². The molecular weight excluding hydrogens is 248 g/mol. The molecule has 1 aromatic heterocycles. The maximum absolute atomic E-state index is 12.0. The Morgan fingerprint density at radius 3 is 2.69 bits per heavy atom. The molecular formula is C10H15ClN2O2S. The van der Waals surface area contributed by atoms with Crippen molar-refractivity contribution in [2.75, 3.05) is 38.7 Å². The van der Waals surface area contributed by atoms with E-state index in [0.717, 1.165) is 9.88 Å². The maximum Gasteiger partial charge on any atom is 0.264 e. The lowest BCUT2D eigenvalue weighted by atomic mass is 10.3. The maximum atomic E-state index is 12.0. The Labute approximate surface area is 105 Å². The molecule has 1 saturated heterocycles. The normalized spacial score (nSPS) is 15.4. The topological polar surface area (TPSA) is 41.6 Å². The van der Waals surface area contributed by atoms with Gasteiger partial charge in [-0.15, -0.1) is 23.7 Å². The van der Waals surface area contributed by atoms with Gasteiger partial charge in [0, 0.05) is 20.1 Å². The van der Waals surface area contributed by atoms with Crippen LogP contribution in [0.5, 0.6) is 0 Å². The summed E-state index contributed by atoms with van der Waals surface area (Å²) in [6.45, 7) is 2.70. The van der Waals surface area contributed by atoms with Crippen LogP contribution in [-0.2, 0) is 4.74 Å². The fourth-order valence-electron chi connectivity index (χ4n) is 1.51. The fraction of sp³-hybridized carbons (Fsp3) is 0.500. The van der Waals surface area contributed by atoms with Crippen molar-refractivity contribution in [1.29, 1.82) is 0 Å². The van der Waals surface area contributed by atoms with Gasteiger partial charge in [-0.1, -0.05) is 0 Å². The predicted molar refractivity (Wildman–Crippen MR) is 67.8 cm³/mol. The van der Waals surface area contributed by atoms with Crippen LogP contribution in [0.15, 0.2) is 12.1 Å². The number of halogens is 1. The molecule has 90 valence electrons. The number of hydrogen-bond acceptors (Lipinski definition) is 4. The van der Waals surface area contributed by atoms with Crippen LogP contribution in [0, 0.1) is 0 Å². The van der Waals surface area contributed by atoms with E-state index < -0.39 is 0 Å². The molecule has 1 aliphatic rings. The van der Waals surface area contributed by atoms with Crippen LogP contribution < -0.4 is 5.32 Å². The van der Waals surface area contributed by atoms with E-state index in [-0.39, 0.29) is 18.3 Å². The van der Waals surface area contributed by atoms with Crippen molar-refractivity contribution in [3.8, 4) is 0 Å². The van der Waals surface area contributed by atoms with Gasteiger partial charge >= 0.3 is 0 Å². The number of anilines is 1. The molecule has 1 fully saturated rings. The highest BCUT2D eigenvalue weighted by atomic mass is 35.5. The molecule has 0 aromatic carbocycles. The fourth-order valence-corrected chi connectivity index (χ4v) is 2.34. The zero-order valence-electron chi connectivity index (χ0n) is 9.06. The highest BCUT2D eigenvalue weighted by molar-refractivity contribution is 7.17. The zero-order valence-corrected chi connectivity index (χ0v) is 10.7. The Bertz CT molecular complexity index is 350. The van der Waals surface area contributed by atoms with Crippen LogP contribution >= 0.6 is 23.7 Å². The summed E-state index contributed by atoms with van der Waals surface area (Å²) >= 11 is 1.49. The largest absolute Gasteiger partial charge is 0.380 e. The summed E-state index contributed by atoms with van der Waals surface area (Å²) < 4.78 is 5.21. The summed E-state index contributed by atoms with van der Waals surface area (Å²) in [5, 5.41) is 4.05. The average Bonchev–Trinajstić information content (AvgIpc) is 2.78. The van der Waals surface area contributed by atoms with E-state index in [1.165, 1.54) is 11.3 Å². The van der Waals surface area contributed by atoms with E-state index in [1.807, 2.05) is 24.1 Å². The lowest BCUT2D eigenvalue weighted by molar-refractivity contribution is 0.0306. The van der Waals surface area contributed by atoms with E-state index in [0.29, 0.717) is 26.3 Å². The van der Waals surface area contributed by atoms with Crippen molar-refractivity contribution in [2.24, 2.45) is 0 Å². The molecule has 2 rings (SSSR count). The summed E-state index contributed by atoms with van der Waals surface area (Å²) in [6, 6.07) is 3.80.